The molecule has 6 heteroatoms. The molecule has 29 heavy (non-hydrogen) atoms. The zero-order valence-electron chi connectivity index (χ0n) is 16.0. The molecule has 6 nitrogen and oxygen atoms in total. The van der Waals surface area contributed by atoms with Crippen molar-refractivity contribution >= 4 is 29.1 Å². The van der Waals surface area contributed by atoms with Crippen LogP contribution < -0.4 is 0 Å². The van der Waals surface area contributed by atoms with Crippen LogP contribution in [0.4, 0.5) is 0 Å². The van der Waals surface area contributed by atoms with Gasteiger partial charge in [0.1, 0.15) is 5.52 Å². The number of benzene rings is 2. The van der Waals surface area contributed by atoms with Crippen LogP contribution in [0.15, 0.2) is 65.1 Å². The molecule has 1 amide bonds. The minimum Gasteiger partial charge on any atom is -0.444 e. The lowest BCUT2D eigenvalue weighted by Gasteiger charge is -2.30. The zero-order valence-corrected chi connectivity index (χ0v) is 16.0. The van der Waals surface area contributed by atoms with Gasteiger partial charge in [0.2, 0.25) is 12.0 Å². The average Bonchev–Trinajstić information content (AvgIpc) is 3.20. The fraction of sp³-hybridized carbons (Fsp3) is 0.261. The Bertz CT molecular complexity index is 987. The van der Waals surface area contributed by atoms with Gasteiger partial charge in [-0.1, -0.05) is 42.5 Å². The number of nitrogens with zero attached hydrogens (tertiary/aromatic N) is 2. The number of piperidine rings is 1. The third-order valence-corrected chi connectivity index (χ3v) is 4.90. The predicted octanol–water partition coefficient (Wildman–Crippen LogP) is 4.14. The standard InChI is InChI=1S/C23H22N2O4/c26-21(14-13-20-24-18-11-5-6-12-19(18)28-20)29-22(17-9-3-1-4-10-17)23(27)25-15-7-2-8-16-25/h1,3-6,9-14,22H,2,7-8,15-16H2/b14-13+. The molecular weight excluding hydrogens is 368 g/mol. The number of hydrogen-bond donors (Lipinski definition) is 0. The van der Waals surface area contributed by atoms with E-state index in [-0.39, 0.29) is 5.91 Å². The highest BCUT2D eigenvalue weighted by atomic mass is 16.5. The molecule has 1 unspecified atom stereocenters. The van der Waals surface area contributed by atoms with Gasteiger partial charge >= 0.3 is 5.97 Å². The molecule has 148 valence electrons. The minimum atomic E-state index is -0.963. The fourth-order valence-corrected chi connectivity index (χ4v) is 3.43. The Morgan fingerprint density at radius 2 is 1.72 bits per heavy atom. The lowest BCUT2D eigenvalue weighted by Crippen LogP contribution is -2.40. The molecule has 1 atom stereocenters. The molecule has 0 spiro atoms. The van der Waals surface area contributed by atoms with Gasteiger partial charge in [-0.25, -0.2) is 9.78 Å². The van der Waals surface area contributed by atoms with E-state index >= 15 is 0 Å². The van der Waals surface area contributed by atoms with E-state index in [4.69, 9.17) is 9.15 Å². The third-order valence-electron chi connectivity index (χ3n) is 4.90. The molecule has 0 saturated carbocycles. The summed E-state index contributed by atoms with van der Waals surface area (Å²) in [5, 5.41) is 0. The van der Waals surface area contributed by atoms with Crippen molar-refractivity contribution in [3.8, 4) is 0 Å². The van der Waals surface area contributed by atoms with Gasteiger partial charge in [-0.05, 0) is 31.4 Å². The third kappa shape index (κ3) is 4.54. The summed E-state index contributed by atoms with van der Waals surface area (Å²) in [6, 6.07) is 16.5. The molecule has 0 aliphatic carbocycles. The van der Waals surface area contributed by atoms with Gasteiger partial charge in [0.05, 0.1) is 0 Å². The van der Waals surface area contributed by atoms with Crippen molar-refractivity contribution in [2.45, 2.75) is 25.4 Å². The summed E-state index contributed by atoms with van der Waals surface area (Å²) < 4.78 is 11.1. The van der Waals surface area contributed by atoms with Crippen LogP contribution in [0.5, 0.6) is 0 Å². The first-order valence-corrected chi connectivity index (χ1v) is 9.79. The molecule has 0 N–H and O–H groups in total. The Morgan fingerprint density at radius 3 is 2.48 bits per heavy atom. The molecule has 1 aromatic heterocycles. The zero-order chi connectivity index (χ0) is 20.1. The summed E-state index contributed by atoms with van der Waals surface area (Å²) in [6.07, 6.45) is 4.79. The normalized spacial score (nSPS) is 15.5. The van der Waals surface area contributed by atoms with Crippen LogP contribution in [0.1, 0.15) is 36.8 Å². The highest BCUT2D eigenvalue weighted by molar-refractivity contribution is 5.91. The fourth-order valence-electron chi connectivity index (χ4n) is 3.43. The van der Waals surface area contributed by atoms with Crippen molar-refractivity contribution in [1.82, 2.24) is 9.88 Å². The van der Waals surface area contributed by atoms with E-state index in [1.165, 1.54) is 12.2 Å². The first-order valence-electron chi connectivity index (χ1n) is 9.79. The van der Waals surface area contributed by atoms with Crippen LogP contribution >= 0.6 is 0 Å². The molecule has 1 saturated heterocycles. The summed E-state index contributed by atoms with van der Waals surface area (Å²) in [5.74, 6) is -0.493. The van der Waals surface area contributed by atoms with Gasteiger partial charge in [-0.3, -0.25) is 4.79 Å². The number of hydrogen-bond acceptors (Lipinski definition) is 5. The minimum absolute atomic E-state index is 0.181. The highest BCUT2D eigenvalue weighted by Gasteiger charge is 2.29. The molecule has 0 bridgehead atoms. The Kier molecular flexibility index (Phi) is 5.70. The number of oxazole rings is 1. The van der Waals surface area contributed by atoms with E-state index in [2.05, 4.69) is 4.98 Å². The largest absolute Gasteiger partial charge is 0.444 e. The van der Waals surface area contributed by atoms with E-state index < -0.39 is 12.1 Å². The van der Waals surface area contributed by atoms with E-state index in [1.54, 1.807) is 23.1 Å². The van der Waals surface area contributed by atoms with E-state index in [1.807, 2.05) is 36.4 Å². The molecule has 2 heterocycles. The number of carbonyl (C=O) groups is 2. The Labute approximate surface area is 168 Å². The molecule has 3 aromatic rings. The van der Waals surface area contributed by atoms with Crippen LogP contribution in [0.2, 0.25) is 0 Å². The lowest BCUT2D eigenvalue weighted by molar-refractivity contribution is -0.157. The van der Waals surface area contributed by atoms with Crippen molar-refractivity contribution in [3.05, 3.63) is 72.1 Å². The number of fused-ring (bicyclic) bond motifs is 1. The molecule has 0 radical (unpaired) electrons. The summed E-state index contributed by atoms with van der Waals surface area (Å²) in [5.41, 5.74) is 2.01. The maximum absolute atomic E-state index is 13.0. The van der Waals surface area contributed by atoms with E-state index in [0.717, 1.165) is 19.3 Å². The topological polar surface area (TPSA) is 72.6 Å². The van der Waals surface area contributed by atoms with Crippen molar-refractivity contribution in [3.63, 3.8) is 0 Å². The summed E-state index contributed by atoms with van der Waals surface area (Å²) in [7, 11) is 0. The maximum Gasteiger partial charge on any atom is 0.332 e. The van der Waals surface area contributed by atoms with Crippen LogP contribution in [0.25, 0.3) is 17.2 Å². The van der Waals surface area contributed by atoms with Gasteiger partial charge in [0, 0.05) is 30.8 Å². The average molecular weight is 390 g/mol. The number of likely N-dealkylation sites (tertiary alicyclic amines) is 1. The number of aromatic nitrogens is 1. The summed E-state index contributed by atoms with van der Waals surface area (Å²) in [6.45, 7) is 1.39. The van der Waals surface area contributed by atoms with E-state index in [0.29, 0.717) is 35.6 Å². The van der Waals surface area contributed by atoms with Gasteiger partial charge < -0.3 is 14.1 Å². The second kappa shape index (κ2) is 8.73. The molecule has 1 aliphatic heterocycles. The number of para-hydroxylation sites is 2. The van der Waals surface area contributed by atoms with Gasteiger partial charge in [-0.15, -0.1) is 0 Å². The number of carbonyl (C=O) groups excluding carboxylic acids is 2. The molecule has 4 rings (SSSR count). The SMILES string of the molecule is O=C(/C=C/c1nc2ccccc2o1)OC(C(=O)N1CCCCC1)c1ccccc1. The highest BCUT2D eigenvalue weighted by Crippen LogP contribution is 2.23. The summed E-state index contributed by atoms with van der Waals surface area (Å²) in [4.78, 5) is 31.5. The summed E-state index contributed by atoms with van der Waals surface area (Å²) >= 11 is 0. The van der Waals surface area contributed by atoms with Gasteiger partial charge in [0.15, 0.2) is 5.58 Å². The number of amides is 1. The first kappa shape index (κ1) is 18.9. The number of rotatable bonds is 5. The molecule has 1 aliphatic rings. The van der Waals surface area contributed by atoms with Crippen molar-refractivity contribution < 1.29 is 18.7 Å². The molecule has 1 fully saturated rings. The van der Waals surface area contributed by atoms with Crippen molar-refractivity contribution in [2.24, 2.45) is 0 Å². The van der Waals surface area contributed by atoms with Crippen LogP contribution in [-0.4, -0.2) is 34.8 Å². The first-order chi connectivity index (χ1) is 14.2. The van der Waals surface area contributed by atoms with Crippen molar-refractivity contribution in [1.29, 1.82) is 0 Å². The van der Waals surface area contributed by atoms with E-state index in [9.17, 15) is 9.59 Å². The Balaban J connectivity index is 1.50. The monoisotopic (exact) mass is 390 g/mol. The smallest absolute Gasteiger partial charge is 0.332 e. The lowest BCUT2D eigenvalue weighted by atomic mass is 10.1. The van der Waals surface area contributed by atoms with Gasteiger partial charge in [0.25, 0.3) is 5.91 Å². The van der Waals surface area contributed by atoms with Crippen molar-refractivity contribution in [2.75, 3.05) is 13.1 Å². The predicted molar refractivity (Wildman–Crippen MR) is 109 cm³/mol. The molecular formula is C23H22N2O4. The van der Waals surface area contributed by atoms with Crippen LogP contribution in [0.3, 0.4) is 0 Å². The molecule has 2 aromatic carbocycles. The number of ether oxygens (including phenoxy) is 1. The maximum atomic E-state index is 13.0. The quantitative estimate of drug-likeness (QED) is 0.484. The van der Waals surface area contributed by atoms with Gasteiger partial charge in [-0.2, -0.15) is 0 Å². The number of esters is 1. The Hall–Kier alpha value is -3.41. The van der Waals surface area contributed by atoms with Crippen LogP contribution in [0, 0.1) is 0 Å². The second-order valence-corrected chi connectivity index (χ2v) is 6.97. The Morgan fingerprint density at radius 1 is 1.00 bits per heavy atom. The second-order valence-electron chi connectivity index (χ2n) is 6.97. The van der Waals surface area contributed by atoms with Crippen LogP contribution in [-0.2, 0) is 14.3 Å².